The molecule has 0 saturated carbocycles. The number of aryl methyl sites for hydroxylation is 2. The maximum Gasteiger partial charge on any atom is 0.132 e. The predicted molar refractivity (Wildman–Crippen MR) is 63.3 cm³/mol. The maximum absolute atomic E-state index is 9.95. The summed E-state index contributed by atoms with van der Waals surface area (Å²) in [4.78, 5) is 0. The van der Waals surface area contributed by atoms with Gasteiger partial charge in [0.25, 0.3) is 0 Å². The molecule has 0 radical (unpaired) electrons. The van der Waals surface area contributed by atoms with Crippen LogP contribution in [0.3, 0.4) is 0 Å². The zero-order chi connectivity index (χ0) is 11.5. The van der Waals surface area contributed by atoms with E-state index in [0.29, 0.717) is 12.2 Å². The third-order valence-corrected chi connectivity index (χ3v) is 2.58. The molecule has 1 atom stereocenters. The highest BCUT2D eigenvalue weighted by Crippen LogP contribution is 2.20. The average Bonchev–Trinajstić information content (AvgIpc) is 2.68. The molecule has 1 aromatic carbocycles. The van der Waals surface area contributed by atoms with Gasteiger partial charge in [-0.2, -0.15) is 0 Å². The van der Waals surface area contributed by atoms with E-state index in [1.165, 1.54) is 11.1 Å². The first-order chi connectivity index (χ1) is 7.65. The van der Waals surface area contributed by atoms with Crippen molar-refractivity contribution in [3.63, 3.8) is 0 Å². The molecule has 0 spiro atoms. The summed E-state index contributed by atoms with van der Waals surface area (Å²) in [5.74, 6) is 0.624. The molecule has 0 fully saturated rings. The van der Waals surface area contributed by atoms with Crippen molar-refractivity contribution in [3.05, 3.63) is 59.0 Å². The van der Waals surface area contributed by atoms with Gasteiger partial charge in [0, 0.05) is 6.42 Å². The van der Waals surface area contributed by atoms with Crippen LogP contribution in [-0.4, -0.2) is 5.11 Å². The highest BCUT2D eigenvalue weighted by atomic mass is 16.4. The summed E-state index contributed by atoms with van der Waals surface area (Å²) in [5, 5.41) is 9.95. The Labute approximate surface area is 95.5 Å². The zero-order valence-corrected chi connectivity index (χ0v) is 9.60. The second kappa shape index (κ2) is 4.54. The van der Waals surface area contributed by atoms with Gasteiger partial charge in [0.05, 0.1) is 6.26 Å². The van der Waals surface area contributed by atoms with Crippen LogP contribution in [-0.2, 0) is 6.42 Å². The summed E-state index contributed by atoms with van der Waals surface area (Å²) >= 11 is 0. The molecule has 0 amide bonds. The van der Waals surface area contributed by atoms with Gasteiger partial charge in [-0.25, -0.2) is 0 Å². The third kappa shape index (κ3) is 2.52. The molecular weight excluding hydrogens is 200 g/mol. The van der Waals surface area contributed by atoms with E-state index in [1.807, 2.05) is 0 Å². The summed E-state index contributed by atoms with van der Waals surface area (Å²) in [6, 6.07) is 9.91. The van der Waals surface area contributed by atoms with E-state index < -0.39 is 6.10 Å². The zero-order valence-electron chi connectivity index (χ0n) is 9.60. The summed E-state index contributed by atoms with van der Waals surface area (Å²) in [6.45, 7) is 4.13. The number of furan rings is 1. The molecule has 84 valence electrons. The van der Waals surface area contributed by atoms with E-state index in [0.717, 1.165) is 5.56 Å². The molecule has 2 heteroatoms. The molecule has 1 aromatic heterocycles. The molecule has 0 aliphatic carbocycles. The second-order valence-corrected chi connectivity index (χ2v) is 4.23. The van der Waals surface area contributed by atoms with Crippen LogP contribution in [0.5, 0.6) is 0 Å². The lowest BCUT2D eigenvalue weighted by Gasteiger charge is -2.09. The van der Waals surface area contributed by atoms with Gasteiger partial charge in [-0.15, -0.1) is 0 Å². The Morgan fingerprint density at radius 2 is 1.88 bits per heavy atom. The number of hydrogen-bond acceptors (Lipinski definition) is 2. The monoisotopic (exact) mass is 216 g/mol. The lowest BCUT2D eigenvalue weighted by molar-refractivity contribution is 0.150. The molecule has 1 N–H and O–H groups in total. The smallest absolute Gasteiger partial charge is 0.132 e. The Morgan fingerprint density at radius 1 is 1.19 bits per heavy atom. The Balaban J connectivity index is 2.15. The van der Waals surface area contributed by atoms with E-state index in [9.17, 15) is 5.11 Å². The fraction of sp³-hybridized carbons (Fsp3) is 0.286. The molecule has 2 rings (SSSR count). The van der Waals surface area contributed by atoms with E-state index in [1.54, 1.807) is 18.4 Å². The fourth-order valence-electron chi connectivity index (χ4n) is 1.99. The van der Waals surface area contributed by atoms with Crippen molar-refractivity contribution in [1.29, 1.82) is 0 Å². The number of aliphatic hydroxyl groups excluding tert-OH is 1. The van der Waals surface area contributed by atoms with Crippen LogP contribution in [0.1, 0.15) is 28.6 Å². The summed E-state index contributed by atoms with van der Waals surface area (Å²) in [6.07, 6.45) is 1.62. The lowest BCUT2D eigenvalue weighted by atomic mass is 10.0. The van der Waals surface area contributed by atoms with Crippen molar-refractivity contribution in [2.75, 3.05) is 0 Å². The molecular formula is C14H16O2. The largest absolute Gasteiger partial charge is 0.467 e. The van der Waals surface area contributed by atoms with E-state index in [4.69, 9.17) is 4.42 Å². The van der Waals surface area contributed by atoms with Crippen LogP contribution >= 0.6 is 0 Å². The fourth-order valence-corrected chi connectivity index (χ4v) is 1.99. The molecule has 0 bridgehead atoms. The van der Waals surface area contributed by atoms with Crippen molar-refractivity contribution < 1.29 is 9.52 Å². The van der Waals surface area contributed by atoms with Crippen LogP contribution in [0.4, 0.5) is 0 Å². The molecule has 0 aliphatic heterocycles. The predicted octanol–water partition coefficient (Wildman–Crippen LogP) is 3.17. The molecule has 1 unspecified atom stereocenters. The summed E-state index contributed by atoms with van der Waals surface area (Å²) in [7, 11) is 0. The van der Waals surface area contributed by atoms with Gasteiger partial charge in [0.2, 0.25) is 0 Å². The van der Waals surface area contributed by atoms with Gasteiger partial charge in [-0.3, -0.25) is 0 Å². The Kier molecular flexibility index (Phi) is 3.11. The second-order valence-electron chi connectivity index (χ2n) is 4.23. The van der Waals surface area contributed by atoms with Gasteiger partial charge in [0.1, 0.15) is 11.9 Å². The van der Waals surface area contributed by atoms with Crippen LogP contribution in [0.2, 0.25) is 0 Å². The molecule has 16 heavy (non-hydrogen) atoms. The first kappa shape index (κ1) is 11.0. The highest BCUT2D eigenvalue weighted by Gasteiger charge is 2.11. The van der Waals surface area contributed by atoms with Crippen molar-refractivity contribution in [3.8, 4) is 0 Å². The van der Waals surface area contributed by atoms with Gasteiger partial charge in [-0.05, 0) is 31.5 Å². The minimum absolute atomic E-state index is 0.559. The normalized spacial score (nSPS) is 12.7. The number of hydrogen-bond donors (Lipinski definition) is 1. The lowest BCUT2D eigenvalue weighted by Crippen LogP contribution is -2.01. The van der Waals surface area contributed by atoms with E-state index in [2.05, 4.69) is 32.0 Å². The summed E-state index contributed by atoms with van der Waals surface area (Å²) in [5.41, 5.74) is 3.59. The van der Waals surface area contributed by atoms with Gasteiger partial charge in [0.15, 0.2) is 0 Å². The van der Waals surface area contributed by atoms with Crippen molar-refractivity contribution in [2.24, 2.45) is 0 Å². The van der Waals surface area contributed by atoms with Crippen molar-refractivity contribution >= 4 is 0 Å². The van der Waals surface area contributed by atoms with Gasteiger partial charge < -0.3 is 9.52 Å². The summed E-state index contributed by atoms with van der Waals surface area (Å²) < 4.78 is 5.18. The Hall–Kier alpha value is -1.54. The van der Waals surface area contributed by atoms with Crippen LogP contribution in [0, 0.1) is 13.8 Å². The number of aliphatic hydroxyl groups is 1. The number of benzene rings is 1. The molecule has 1 heterocycles. The minimum Gasteiger partial charge on any atom is -0.467 e. The molecule has 2 nitrogen and oxygen atoms in total. The van der Waals surface area contributed by atoms with Crippen molar-refractivity contribution in [1.82, 2.24) is 0 Å². The molecule has 2 aromatic rings. The van der Waals surface area contributed by atoms with Gasteiger partial charge in [-0.1, -0.05) is 29.3 Å². The first-order valence-electron chi connectivity index (χ1n) is 5.44. The van der Waals surface area contributed by atoms with Gasteiger partial charge >= 0.3 is 0 Å². The van der Waals surface area contributed by atoms with Crippen LogP contribution in [0.15, 0.2) is 41.0 Å². The van der Waals surface area contributed by atoms with Crippen LogP contribution < -0.4 is 0 Å². The van der Waals surface area contributed by atoms with Crippen LogP contribution in [0.25, 0.3) is 0 Å². The SMILES string of the molecule is Cc1cc(C)cc(CC(O)c2ccco2)c1. The quantitative estimate of drug-likeness (QED) is 0.854. The first-order valence-corrected chi connectivity index (χ1v) is 5.44. The highest BCUT2D eigenvalue weighted by molar-refractivity contribution is 5.29. The Morgan fingerprint density at radius 3 is 2.44 bits per heavy atom. The minimum atomic E-state index is -0.559. The number of rotatable bonds is 3. The van der Waals surface area contributed by atoms with E-state index in [-0.39, 0.29) is 0 Å². The third-order valence-electron chi connectivity index (χ3n) is 2.58. The standard InChI is InChI=1S/C14H16O2/c1-10-6-11(2)8-12(7-10)9-13(15)14-4-3-5-16-14/h3-8,13,15H,9H2,1-2H3. The average molecular weight is 216 g/mol. The maximum atomic E-state index is 9.95. The topological polar surface area (TPSA) is 33.4 Å². The Bertz CT molecular complexity index is 437. The molecule has 0 saturated heterocycles. The van der Waals surface area contributed by atoms with Crippen molar-refractivity contribution in [2.45, 2.75) is 26.4 Å². The molecule has 0 aliphatic rings. The van der Waals surface area contributed by atoms with E-state index >= 15 is 0 Å².